The molecular formula is C24H28N2O8S. The number of aromatic carboxylic acids is 1. The molecule has 0 spiro atoms. The third-order valence-electron chi connectivity index (χ3n) is 6.34. The van der Waals surface area contributed by atoms with E-state index in [-0.39, 0.29) is 40.0 Å². The highest BCUT2D eigenvalue weighted by Gasteiger charge is 2.42. The number of carboxylic acid groups (broad SMARTS) is 1. The molecule has 0 bridgehead atoms. The van der Waals surface area contributed by atoms with Crippen molar-refractivity contribution in [2.75, 3.05) is 34.4 Å². The molecule has 35 heavy (non-hydrogen) atoms. The van der Waals surface area contributed by atoms with Crippen LogP contribution in [-0.4, -0.2) is 69.3 Å². The minimum atomic E-state index is -3.97. The first-order chi connectivity index (χ1) is 16.5. The second-order valence-electron chi connectivity index (χ2n) is 9.00. The molecule has 2 aromatic rings. The number of ether oxygens (including phenoxy) is 2. The minimum Gasteiger partial charge on any atom is -0.493 e. The molecule has 2 heterocycles. The molecule has 188 valence electrons. The molecule has 1 atom stereocenters. The number of carboxylic acids is 1. The van der Waals surface area contributed by atoms with E-state index in [9.17, 15) is 27.9 Å². The van der Waals surface area contributed by atoms with Crippen LogP contribution in [0.25, 0.3) is 11.3 Å². The summed E-state index contributed by atoms with van der Waals surface area (Å²) in [4.78, 5) is 39.3. The Labute approximate surface area is 203 Å². The van der Waals surface area contributed by atoms with Gasteiger partial charge in [0.1, 0.15) is 11.3 Å². The van der Waals surface area contributed by atoms with Gasteiger partial charge in [-0.2, -0.15) is 0 Å². The number of rotatable bonds is 8. The molecule has 1 fully saturated rings. The Bertz CT molecular complexity index is 1370. The zero-order valence-corrected chi connectivity index (χ0v) is 20.8. The number of hydrogen-bond acceptors (Lipinski definition) is 7. The van der Waals surface area contributed by atoms with Crippen LogP contribution in [0.3, 0.4) is 0 Å². The van der Waals surface area contributed by atoms with Gasteiger partial charge in [-0.05, 0) is 37.5 Å². The normalized spacial score (nSPS) is 17.9. The number of pyridine rings is 1. The van der Waals surface area contributed by atoms with Gasteiger partial charge in [-0.1, -0.05) is 0 Å². The van der Waals surface area contributed by atoms with Crippen molar-refractivity contribution in [3.8, 4) is 17.0 Å². The molecular weight excluding hydrogens is 476 g/mol. The van der Waals surface area contributed by atoms with Crippen LogP contribution in [0.2, 0.25) is 0 Å². The lowest BCUT2D eigenvalue weighted by Crippen LogP contribution is -2.32. The Morgan fingerprint density at radius 3 is 2.40 bits per heavy atom. The van der Waals surface area contributed by atoms with Crippen LogP contribution in [0.4, 0.5) is 0 Å². The van der Waals surface area contributed by atoms with E-state index in [1.165, 1.54) is 28.5 Å². The smallest absolute Gasteiger partial charge is 0.341 e. The maximum Gasteiger partial charge on any atom is 0.341 e. The Kier molecular flexibility index (Phi) is 6.50. The van der Waals surface area contributed by atoms with Crippen molar-refractivity contribution in [2.24, 2.45) is 0 Å². The van der Waals surface area contributed by atoms with Gasteiger partial charge >= 0.3 is 5.97 Å². The Morgan fingerprint density at radius 1 is 1.14 bits per heavy atom. The summed E-state index contributed by atoms with van der Waals surface area (Å²) in [5.41, 5.74) is -0.218. The Balaban J connectivity index is 2.03. The first-order valence-electron chi connectivity index (χ1n) is 11.3. The molecule has 0 saturated heterocycles. The van der Waals surface area contributed by atoms with Crippen LogP contribution in [0.1, 0.15) is 63.8 Å². The number of amides is 1. The van der Waals surface area contributed by atoms with Crippen molar-refractivity contribution < 1.29 is 32.6 Å². The monoisotopic (exact) mass is 504 g/mol. The Morgan fingerprint density at radius 2 is 1.83 bits per heavy atom. The summed E-state index contributed by atoms with van der Waals surface area (Å²) in [7, 11) is 0.730. The van der Waals surface area contributed by atoms with Crippen LogP contribution in [-0.2, 0) is 14.6 Å². The lowest BCUT2D eigenvalue weighted by atomic mass is 9.97. The number of methoxy groups -OCH3 is 1. The van der Waals surface area contributed by atoms with E-state index in [1.54, 1.807) is 21.2 Å². The number of fused-ring (bicyclic) bond motifs is 3. The van der Waals surface area contributed by atoms with Gasteiger partial charge in [-0.3, -0.25) is 9.59 Å². The molecule has 0 radical (unpaired) electrons. The SMILES string of the molecule is COCCCOc1cc2c(cc1C(=O)N(C)C)-c1c(cc(C(=O)O)c(=O)n1C1CC1)C(C)S2(=O)=O. The van der Waals surface area contributed by atoms with Crippen LogP contribution in [0.15, 0.2) is 27.9 Å². The number of carbonyl (C=O) groups is 2. The molecule has 1 aromatic carbocycles. The van der Waals surface area contributed by atoms with Gasteiger partial charge in [0.2, 0.25) is 0 Å². The maximum atomic E-state index is 13.6. The van der Waals surface area contributed by atoms with E-state index in [4.69, 9.17) is 9.47 Å². The highest BCUT2D eigenvalue weighted by Crippen LogP contribution is 2.49. The number of sulfone groups is 1. The molecule has 1 amide bonds. The fourth-order valence-corrected chi connectivity index (χ4v) is 5.97. The predicted octanol–water partition coefficient (Wildman–Crippen LogP) is 2.51. The van der Waals surface area contributed by atoms with Crippen LogP contribution in [0.5, 0.6) is 5.75 Å². The van der Waals surface area contributed by atoms with E-state index >= 15 is 0 Å². The molecule has 2 aliphatic rings. The van der Waals surface area contributed by atoms with Gasteiger partial charge in [-0.15, -0.1) is 0 Å². The second-order valence-corrected chi connectivity index (χ2v) is 11.2. The lowest BCUT2D eigenvalue weighted by Gasteiger charge is -2.30. The molecule has 10 nitrogen and oxygen atoms in total. The van der Waals surface area contributed by atoms with Crippen molar-refractivity contribution in [1.82, 2.24) is 9.47 Å². The molecule has 1 aromatic heterocycles. The number of aromatic nitrogens is 1. The fourth-order valence-electron chi connectivity index (χ4n) is 4.34. The summed E-state index contributed by atoms with van der Waals surface area (Å²) in [6.07, 6.45) is 1.89. The average molecular weight is 505 g/mol. The van der Waals surface area contributed by atoms with Crippen molar-refractivity contribution in [1.29, 1.82) is 0 Å². The topological polar surface area (TPSA) is 132 Å². The fraction of sp³-hybridized carbons (Fsp3) is 0.458. The summed E-state index contributed by atoms with van der Waals surface area (Å²) >= 11 is 0. The average Bonchev–Trinajstić information content (AvgIpc) is 3.64. The van der Waals surface area contributed by atoms with E-state index in [1.807, 2.05) is 0 Å². The van der Waals surface area contributed by atoms with E-state index < -0.39 is 38.1 Å². The molecule has 1 unspecified atom stereocenters. The van der Waals surface area contributed by atoms with Crippen molar-refractivity contribution >= 4 is 21.7 Å². The van der Waals surface area contributed by atoms with Crippen LogP contribution in [0, 0.1) is 0 Å². The number of carbonyl (C=O) groups excluding carboxylic acids is 1. The first-order valence-corrected chi connectivity index (χ1v) is 12.8. The lowest BCUT2D eigenvalue weighted by molar-refractivity contribution is 0.0693. The second kappa shape index (κ2) is 9.12. The Hall–Kier alpha value is -3.18. The molecule has 1 aliphatic carbocycles. The van der Waals surface area contributed by atoms with Gasteiger partial charge in [0.05, 0.1) is 28.0 Å². The standard InChI is InChI=1S/C24H28N2O8S/c1-13-15-10-18(24(29)30)23(28)26(14-6-7-14)21(15)17-11-16(22(27)25(2)3)19(34-9-5-8-33-4)12-20(17)35(13,31)32/h10-14H,5-9H2,1-4H3,(H,29,30). The van der Waals surface area contributed by atoms with Gasteiger partial charge < -0.3 is 24.0 Å². The predicted molar refractivity (Wildman–Crippen MR) is 127 cm³/mol. The summed E-state index contributed by atoms with van der Waals surface area (Å²) in [5, 5.41) is 8.51. The summed E-state index contributed by atoms with van der Waals surface area (Å²) < 4.78 is 39.4. The highest BCUT2D eigenvalue weighted by molar-refractivity contribution is 7.92. The summed E-state index contributed by atoms with van der Waals surface area (Å²) in [6.45, 7) is 2.12. The molecule has 1 saturated carbocycles. The maximum absolute atomic E-state index is 13.6. The molecule has 4 rings (SSSR count). The quantitative estimate of drug-likeness (QED) is 0.543. The zero-order chi connectivity index (χ0) is 25.7. The van der Waals surface area contributed by atoms with Crippen molar-refractivity contribution in [3.63, 3.8) is 0 Å². The van der Waals surface area contributed by atoms with Gasteiger partial charge in [-0.25, -0.2) is 13.2 Å². The third-order valence-corrected chi connectivity index (χ3v) is 8.48. The van der Waals surface area contributed by atoms with E-state index in [2.05, 4.69) is 0 Å². The molecule has 11 heteroatoms. The summed E-state index contributed by atoms with van der Waals surface area (Å²) in [6, 6.07) is 3.73. The molecule has 1 aliphatic heterocycles. The highest BCUT2D eigenvalue weighted by atomic mass is 32.2. The van der Waals surface area contributed by atoms with E-state index in [0.717, 1.165) is 6.07 Å². The zero-order valence-electron chi connectivity index (χ0n) is 20.0. The van der Waals surface area contributed by atoms with Gasteiger partial charge in [0.25, 0.3) is 11.5 Å². The van der Waals surface area contributed by atoms with Crippen LogP contribution >= 0.6 is 0 Å². The van der Waals surface area contributed by atoms with Crippen LogP contribution < -0.4 is 10.3 Å². The number of hydrogen-bond donors (Lipinski definition) is 1. The molecule has 1 N–H and O–H groups in total. The third kappa shape index (κ3) is 4.23. The largest absolute Gasteiger partial charge is 0.493 e. The van der Waals surface area contributed by atoms with Gasteiger partial charge in [0, 0.05) is 51.9 Å². The number of nitrogens with zero attached hydrogens (tertiary/aromatic N) is 2. The summed E-state index contributed by atoms with van der Waals surface area (Å²) in [5.74, 6) is -1.68. The van der Waals surface area contributed by atoms with Crippen molar-refractivity contribution in [3.05, 3.63) is 45.2 Å². The van der Waals surface area contributed by atoms with E-state index in [0.29, 0.717) is 31.6 Å². The van der Waals surface area contributed by atoms with Gasteiger partial charge in [0.15, 0.2) is 9.84 Å². The minimum absolute atomic E-state index is 0.0496. The first kappa shape index (κ1) is 24.9. The number of benzene rings is 1. The van der Waals surface area contributed by atoms with Crippen molar-refractivity contribution in [2.45, 2.75) is 42.4 Å².